The van der Waals surface area contributed by atoms with Crippen molar-refractivity contribution in [3.63, 3.8) is 0 Å². The highest BCUT2D eigenvalue weighted by molar-refractivity contribution is 7.09. The summed E-state index contributed by atoms with van der Waals surface area (Å²) in [6.45, 7) is 0.411. The number of aliphatic carboxylic acids is 1. The van der Waals surface area contributed by atoms with Crippen molar-refractivity contribution in [3.8, 4) is 0 Å². The molecule has 0 amide bonds. The van der Waals surface area contributed by atoms with Crippen molar-refractivity contribution in [2.75, 3.05) is 11.9 Å². The van der Waals surface area contributed by atoms with E-state index in [1.54, 1.807) is 0 Å². The number of hydrogen-bond acceptors (Lipinski definition) is 5. The molecule has 1 aliphatic rings. The van der Waals surface area contributed by atoms with Gasteiger partial charge in [0, 0.05) is 24.0 Å². The molecule has 16 heavy (non-hydrogen) atoms. The zero-order valence-electron chi connectivity index (χ0n) is 8.98. The summed E-state index contributed by atoms with van der Waals surface area (Å²) in [5.41, 5.74) is 0. The Kier molecular flexibility index (Phi) is 3.71. The van der Waals surface area contributed by atoms with Gasteiger partial charge in [0.2, 0.25) is 5.13 Å². The predicted molar refractivity (Wildman–Crippen MR) is 61.9 cm³/mol. The average Bonchev–Trinajstić information content (AvgIpc) is 2.85. The summed E-state index contributed by atoms with van der Waals surface area (Å²) in [6.07, 6.45) is 5.02. The van der Waals surface area contributed by atoms with Gasteiger partial charge >= 0.3 is 5.97 Å². The molecule has 5 nitrogen and oxygen atoms in total. The maximum absolute atomic E-state index is 10.3. The molecule has 6 heteroatoms. The molecule has 1 fully saturated rings. The first kappa shape index (κ1) is 11.3. The Balaban J connectivity index is 1.84. The molecule has 0 aromatic carbocycles. The quantitative estimate of drug-likeness (QED) is 0.825. The van der Waals surface area contributed by atoms with E-state index in [0.29, 0.717) is 12.5 Å². The molecule has 0 saturated heterocycles. The summed E-state index contributed by atoms with van der Waals surface area (Å²) in [5, 5.41) is 12.2. The fourth-order valence-corrected chi connectivity index (χ4v) is 2.60. The van der Waals surface area contributed by atoms with Gasteiger partial charge in [-0.05, 0) is 12.8 Å². The van der Waals surface area contributed by atoms with Gasteiger partial charge in [-0.1, -0.05) is 12.8 Å². The third-order valence-corrected chi connectivity index (χ3v) is 3.46. The summed E-state index contributed by atoms with van der Waals surface area (Å²) < 4.78 is 4.32. The van der Waals surface area contributed by atoms with Crippen LogP contribution < -0.4 is 5.32 Å². The van der Waals surface area contributed by atoms with Crippen molar-refractivity contribution in [3.05, 3.63) is 5.82 Å². The Bertz CT molecular complexity index is 361. The molecule has 0 radical (unpaired) electrons. The van der Waals surface area contributed by atoms with Gasteiger partial charge in [0.25, 0.3) is 0 Å². The van der Waals surface area contributed by atoms with Gasteiger partial charge < -0.3 is 10.4 Å². The number of nitrogens with zero attached hydrogens (tertiary/aromatic N) is 2. The fraction of sp³-hybridized carbons (Fsp3) is 0.700. The SMILES string of the molecule is O=C(O)CCNc1nc(C2CCCC2)ns1. The standard InChI is InChI=1S/C10H15N3O2S/c14-8(15)5-6-11-10-12-9(13-16-10)7-3-1-2-4-7/h7H,1-6H2,(H,14,15)(H,11,12,13). The number of nitrogens with one attached hydrogen (secondary N) is 1. The van der Waals surface area contributed by atoms with Crippen LogP contribution >= 0.6 is 11.5 Å². The number of anilines is 1. The van der Waals surface area contributed by atoms with E-state index < -0.39 is 5.97 Å². The number of aromatic nitrogens is 2. The third-order valence-electron chi connectivity index (χ3n) is 2.78. The Morgan fingerprint density at radius 2 is 2.25 bits per heavy atom. The Hall–Kier alpha value is -1.17. The van der Waals surface area contributed by atoms with Gasteiger partial charge in [0.15, 0.2) is 0 Å². The highest BCUT2D eigenvalue weighted by atomic mass is 32.1. The molecule has 2 rings (SSSR count). The summed E-state index contributed by atoms with van der Waals surface area (Å²) in [6, 6.07) is 0. The third kappa shape index (κ3) is 2.91. The Morgan fingerprint density at radius 3 is 2.94 bits per heavy atom. The van der Waals surface area contributed by atoms with Gasteiger partial charge in [-0.3, -0.25) is 4.79 Å². The van der Waals surface area contributed by atoms with Crippen molar-refractivity contribution in [1.29, 1.82) is 0 Å². The van der Waals surface area contributed by atoms with Crippen molar-refractivity contribution in [1.82, 2.24) is 9.36 Å². The minimum Gasteiger partial charge on any atom is -0.481 e. The number of hydrogen-bond donors (Lipinski definition) is 2. The van der Waals surface area contributed by atoms with Gasteiger partial charge in [0.05, 0.1) is 6.42 Å². The average molecular weight is 241 g/mol. The molecule has 0 unspecified atom stereocenters. The topological polar surface area (TPSA) is 75.1 Å². The molecule has 0 spiro atoms. The maximum atomic E-state index is 10.3. The highest BCUT2D eigenvalue weighted by Crippen LogP contribution is 2.33. The molecule has 1 aromatic rings. The van der Waals surface area contributed by atoms with Crippen LogP contribution in [-0.2, 0) is 4.79 Å². The van der Waals surface area contributed by atoms with Gasteiger partial charge in [0.1, 0.15) is 5.82 Å². The van der Waals surface area contributed by atoms with Crippen LogP contribution in [0.4, 0.5) is 5.13 Å². The van der Waals surface area contributed by atoms with Gasteiger partial charge in [-0.25, -0.2) is 4.98 Å². The van der Waals surface area contributed by atoms with Crippen LogP contribution in [0.3, 0.4) is 0 Å². The number of carbonyl (C=O) groups is 1. The lowest BCUT2D eigenvalue weighted by molar-refractivity contribution is -0.136. The highest BCUT2D eigenvalue weighted by Gasteiger charge is 2.21. The van der Waals surface area contributed by atoms with Crippen molar-refractivity contribution in [2.45, 2.75) is 38.0 Å². The molecular weight excluding hydrogens is 226 g/mol. The van der Waals surface area contributed by atoms with Crippen LogP contribution in [-0.4, -0.2) is 27.0 Å². The molecule has 0 atom stereocenters. The first-order valence-corrected chi connectivity index (χ1v) is 6.32. The number of rotatable bonds is 5. The van der Waals surface area contributed by atoms with Gasteiger partial charge in [-0.2, -0.15) is 4.37 Å². The first-order chi connectivity index (χ1) is 7.75. The molecule has 0 bridgehead atoms. The summed E-state index contributed by atoms with van der Waals surface area (Å²) in [5.74, 6) is 0.652. The van der Waals surface area contributed by atoms with E-state index in [4.69, 9.17) is 5.11 Å². The van der Waals surface area contributed by atoms with Crippen LogP contribution in [0.5, 0.6) is 0 Å². The molecule has 1 aromatic heterocycles. The second kappa shape index (κ2) is 5.25. The summed E-state index contributed by atoms with van der Waals surface area (Å²) in [7, 11) is 0. The summed E-state index contributed by atoms with van der Waals surface area (Å²) >= 11 is 1.32. The fourth-order valence-electron chi connectivity index (χ4n) is 1.93. The minimum absolute atomic E-state index is 0.109. The Morgan fingerprint density at radius 1 is 1.50 bits per heavy atom. The van der Waals surface area contributed by atoms with Crippen LogP contribution in [0.25, 0.3) is 0 Å². The van der Waals surface area contributed by atoms with Crippen LogP contribution in [0.1, 0.15) is 43.8 Å². The Labute approximate surface area is 98.1 Å². The summed E-state index contributed by atoms with van der Waals surface area (Å²) in [4.78, 5) is 14.7. The predicted octanol–water partition coefficient (Wildman–Crippen LogP) is 2.08. The largest absolute Gasteiger partial charge is 0.481 e. The van der Waals surface area contributed by atoms with E-state index in [-0.39, 0.29) is 6.42 Å². The van der Waals surface area contributed by atoms with Crippen molar-refractivity contribution < 1.29 is 9.90 Å². The van der Waals surface area contributed by atoms with E-state index in [1.807, 2.05) is 0 Å². The lowest BCUT2D eigenvalue weighted by Gasteiger charge is -2.01. The minimum atomic E-state index is -0.798. The van der Waals surface area contributed by atoms with E-state index in [9.17, 15) is 4.79 Å². The zero-order valence-corrected chi connectivity index (χ0v) is 9.79. The van der Waals surface area contributed by atoms with E-state index >= 15 is 0 Å². The van der Waals surface area contributed by atoms with E-state index in [2.05, 4.69) is 14.7 Å². The molecule has 1 heterocycles. The molecule has 0 aliphatic heterocycles. The normalized spacial score (nSPS) is 16.5. The smallest absolute Gasteiger partial charge is 0.305 e. The van der Waals surface area contributed by atoms with Crippen molar-refractivity contribution in [2.24, 2.45) is 0 Å². The molecule has 2 N–H and O–H groups in total. The second-order valence-electron chi connectivity index (χ2n) is 4.01. The molecular formula is C10H15N3O2S. The number of carboxylic acids is 1. The van der Waals surface area contributed by atoms with Crippen LogP contribution in [0, 0.1) is 0 Å². The molecule has 1 saturated carbocycles. The molecule has 1 aliphatic carbocycles. The maximum Gasteiger partial charge on any atom is 0.305 e. The van der Waals surface area contributed by atoms with E-state index in [0.717, 1.165) is 11.0 Å². The van der Waals surface area contributed by atoms with E-state index in [1.165, 1.54) is 37.2 Å². The first-order valence-electron chi connectivity index (χ1n) is 5.55. The molecule has 88 valence electrons. The number of carboxylic acid groups (broad SMARTS) is 1. The van der Waals surface area contributed by atoms with Crippen LogP contribution in [0.2, 0.25) is 0 Å². The monoisotopic (exact) mass is 241 g/mol. The van der Waals surface area contributed by atoms with Gasteiger partial charge in [-0.15, -0.1) is 0 Å². The van der Waals surface area contributed by atoms with Crippen molar-refractivity contribution >= 4 is 22.6 Å². The lowest BCUT2D eigenvalue weighted by atomic mass is 10.1. The lowest BCUT2D eigenvalue weighted by Crippen LogP contribution is -2.07. The zero-order chi connectivity index (χ0) is 11.4. The second-order valence-corrected chi connectivity index (χ2v) is 4.76. The van der Waals surface area contributed by atoms with Crippen LogP contribution in [0.15, 0.2) is 0 Å².